The summed E-state index contributed by atoms with van der Waals surface area (Å²) in [4.78, 5) is 26.7. The van der Waals surface area contributed by atoms with E-state index in [4.69, 9.17) is 0 Å². The maximum atomic E-state index is 12.6. The van der Waals surface area contributed by atoms with Crippen LogP contribution in [0.1, 0.15) is 51.4 Å². The molecule has 1 atom stereocenters. The van der Waals surface area contributed by atoms with E-state index in [2.05, 4.69) is 10.6 Å². The number of piperidine rings is 1. The smallest absolute Gasteiger partial charge is 0.239 e. The Morgan fingerprint density at radius 3 is 2.32 bits per heavy atom. The van der Waals surface area contributed by atoms with Gasteiger partial charge in [-0.05, 0) is 44.7 Å². The minimum atomic E-state index is 0. The standard InChI is InChI=1S/C16H27N3O2.ClH/c20-15-11-19(13-6-8-17-9-7-13)16(21)10-14(18-15)12-4-2-1-3-5-12;/h12-14,17H,1-11H2,(H,18,20);1H. The maximum Gasteiger partial charge on any atom is 0.239 e. The SMILES string of the molecule is Cl.O=C1CN(C2CCNCC2)C(=O)CC(C2CCCCC2)N1. The van der Waals surface area contributed by atoms with E-state index < -0.39 is 0 Å². The second kappa shape index (κ2) is 8.16. The highest BCUT2D eigenvalue weighted by atomic mass is 35.5. The van der Waals surface area contributed by atoms with E-state index in [-0.39, 0.29) is 42.8 Å². The van der Waals surface area contributed by atoms with Crippen LogP contribution < -0.4 is 10.6 Å². The van der Waals surface area contributed by atoms with Crippen LogP contribution >= 0.6 is 12.4 Å². The Bertz CT molecular complexity index is 393. The molecule has 0 bridgehead atoms. The molecule has 0 radical (unpaired) electrons. The van der Waals surface area contributed by atoms with Gasteiger partial charge in [0.05, 0.1) is 6.54 Å². The third-order valence-electron chi connectivity index (χ3n) is 5.34. The first kappa shape index (κ1) is 17.5. The van der Waals surface area contributed by atoms with Gasteiger partial charge in [0.15, 0.2) is 0 Å². The monoisotopic (exact) mass is 329 g/mol. The zero-order valence-corrected chi connectivity index (χ0v) is 14.0. The highest BCUT2D eigenvalue weighted by molar-refractivity contribution is 5.88. The van der Waals surface area contributed by atoms with Crippen molar-refractivity contribution in [1.82, 2.24) is 15.5 Å². The summed E-state index contributed by atoms with van der Waals surface area (Å²) in [6, 6.07) is 0.312. The summed E-state index contributed by atoms with van der Waals surface area (Å²) in [6.07, 6.45) is 8.52. The largest absolute Gasteiger partial charge is 0.351 e. The number of amides is 2. The van der Waals surface area contributed by atoms with E-state index in [9.17, 15) is 9.59 Å². The molecule has 2 amide bonds. The molecule has 2 N–H and O–H groups in total. The summed E-state index contributed by atoms with van der Waals surface area (Å²) < 4.78 is 0. The van der Waals surface area contributed by atoms with Crippen LogP contribution in [0.3, 0.4) is 0 Å². The van der Waals surface area contributed by atoms with Crippen LogP contribution in [0.4, 0.5) is 0 Å². The lowest BCUT2D eigenvalue weighted by molar-refractivity contribution is -0.136. The number of nitrogens with zero attached hydrogens (tertiary/aromatic N) is 1. The van der Waals surface area contributed by atoms with E-state index in [1.165, 1.54) is 19.3 Å². The van der Waals surface area contributed by atoms with E-state index in [0.717, 1.165) is 38.8 Å². The molecule has 0 aromatic heterocycles. The van der Waals surface area contributed by atoms with Crippen LogP contribution in [-0.4, -0.2) is 48.4 Å². The topological polar surface area (TPSA) is 61.4 Å². The summed E-state index contributed by atoms with van der Waals surface area (Å²) in [5.41, 5.74) is 0. The Hall–Kier alpha value is -0.810. The molecule has 3 fully saturated rings. The summed E-state index contributed by atoms with van der Waals surface area (Å²) in [6.45, 7) is 2.15. The summed E-state index contributed by atoms with van der Waals surface area (Å²) in [5.74, 6) is 0.713. The molecule has 2 aliphatic heterocycles. The molecule has 1 aliphatic carbocycles. The van der Waals surface area contributed by atoms with Crippen molar-refractivity contribution in [1.29, 1.82) is 0 Å². The molecule has 6 heteroatoms. The first-order chi connectivity index (χ1) is 10.2. The Morgan fingerprint density at radius 2 is 1.64 bits per heavy atom. The molecule has 1 saturated carbocycles. The predicted molar refractivity (Wildman–Crippen MR) is 88.0 cm³/mol. The van der Waals surface area contributed by atoms with Gasteiger partial charge in [0.1, 0.15) is 0 Å². The third-order valence-corrected chi connectivity index (χ3v) is 5.34. The van der Waals surface area contributed by atoms with Crippen molar-refractivity contribution in [3.05, 3.63) is 0 Å². The van der Waals surface area contributed by atoms with Crippen molar-refractivity contribution in [2.24, 2.45) is 5.92 Å². The van der Waals surface area contributed by atoms with Crippen LogP contribution in [0.25, 0.3) is 0 Å². The lowest BCUT2D eigenvalue weighted by Crippen LogP contribution is -2.47. The van der Waals surface area contributed by atoms with Gasteiger partial charge in [0, 0.05) is 18.5 Å². The maximum absolute atomic E-state index is 12.6. The van der Waals surface area contributed by atoms with E-state index in [0.29, 0.717) is 12.3 Å². The molecule has 2 saturated heterocycles. The number of carbonyl (C=O) groups excluding carboxylic acids is 2. The minimum Gasteiger partial charge on any atom is -0.351 e. The predicted octanol–water partition coefficient (Wildman–Crippen LogP) is 1.46. The number of hydrogen-bond acceptors (Lipinski definition) is 3. The van der Waals surface area contributed by atoms with E-state index >= 15 is 0 Å². The van der Waals surface area contributed by atoms with Crippen molar-refractivity contribution < 1.29 is 9.59 Å². The van der Waals surface area contributed by atoms with Gasteiger partial charge in [-0.25, -0.2) is 0 Å². The number of hydrogen-bond donors (Lipinski definition) is 2. The lowest BCUT2D eigenvalue weighted by Gasteiger charge is -2.33. The Labute approximate surface area is 139 Å². The molecular weight excluding hydrogens is 302 g/mol. The summed E-state index contributed by atoms with van der Waals surface area (Å²) in [7, 11) is 0. The molecule has 126 valence electrons. The van der Waals surface area contributed by atoms with E-state index in [1.54, 1.807) is 0 Å². The normalized spacial score (nSPS) is 28.7. The van der Waals surface area contributed by atoms with Crippen LogP contribution in [0, 0.1) is 5.92 Å². The van der Waals surface area contributed by atoms with Crippen LogP contribution in [0.5, 0.6) is 0 Å². The molecule has 3 rings (SSSR count). The van der Waals surface area contributed by atoms with Crippen LogP contribution in [0.2, 0.25) is 0 Å². The molecule has 2 heterocycles. The first-order valence-electron chi connectivity index (χ1n) is 8.53. The quantitative estimate of drug-likeness (QED) is 0.806. The van der Waals surface area contributed by atoms with Crippen molar-refractivity contribution in [2.75, 3.05) is 19.6 Å². The molecule has 5 nitrogen and oxygen atoms in total. The molecule has 0 spiro atoms. The molecule has 22 heavy (non-hydrogen) atoms. The summed E-state index contributed by atoms with van der Waals surface area (Å²) >= 11 is 0. The van der Waals surface area contributed by atoms with Crippen molar-refractivity contribution in [2.45, 2.75) is 63.5 Å². The zero-order valence-electron chi connectivity index (χ0n) is 13.2. The minimum absolute atomic E-state index is 0. The number of rotatable bonds is 2. The van der Waals surface area contributed by atoms with Crippen molar-refractivity contribution in [3.8, 4) is 0 Å². The second-order valence-corrected chi connectivity index (χ2v) is 6.78. The van der Waals surface area contributed by atoms with Gasteiger partial charge in [0.25, 0.3) is 0 Å². The lowest BCUT2D eigenvalue weighted by atomic mass is 9.82. The Kier molecular flexibility index (Phi) is 6.50. The fourth-order valence-corrected chi connectivity index (χ4v) is 4.12. The average Bonchev–Trinajstić information content (AvgIpc) is 2.68. The fraction of sp³-hybridized carbons (Fsp3) is 0.875. The Balaban J connectivity index is 0.00000176. The van der Waals surface area contributed by atoms with Gasteiger partial charge < -0.3 is 15.5 Å². The molecule has 0 aromatic rings. The molecule has 0 aromatic carbocycles. The summed E-state index contributed by atoms with van der Waals surface area (Å²) in [5, 5.41) is 6.45. The zero-order chi connectivity index (χ0) is 14.7. The van der Waals surface area contributed by atoms with Gasteiger partial charge in [-0.3, -0.25) is 9.59 Å². The van der Waals surface area contributed by atoms with Gasteiger partial charge >= 0.3 is 0 Å². The van der Waals surface area contributed by atoms with Crippen LogP contribution in [-0.2, 0) is 9.59 Å². The number of carbonyl (C=O) groups is 2. The van der Waals surface area contributed by atoms with Crippen molar-refractivity contribution >= 4 is 24.2 Å². The van der Waals surface area contributed by atoms with Gasteiger partial charge in [0.2, 0.25) is 11.8 Å². The van der Waals surface area contributed by atoms with Gasteiger partial charge in [-0.1, -0.05) is 19.3 Å². The second-order valence-electron chi connectivity index (χ2n) is 6.78. The number of nitrogens with one attached hydrogen (secondary N) is 2. The van der Waals surface area contributed by atoms with E-state index in [1.807, 2.05) is 4.90 Å². The molecular formula is C16H28ClN3O2. The third kappa shape index (κ3) is 4.13. The number of halogens is 1. The highest BCUT2D eigenvalue weighted by Gasteiger charge is 2.35. The highest BCUT2D eigenvalue weighted by Crippen LogP contribution is 2.29. The molecule has 1 unspecified atom stereocenters. The molecule has 3 aliphatic rings. The fourth-order valence-electron chi connectivity index (χ4n) is 4.12. The van der Waals surface area contributed by atoms with Gasteiger partial charge in [-0.15, -0.1) is 12.4 Å². The first-order valence-corrected chi connectivity index (χ1v) is 8.53. The van der Waals surface area contributed by atoms with Crippen molar-refractivity contribution in [3.63, 3.8) is 0 Å². The van der Waals surface area contributed by atoms with Gasteiger partial charge in [-0.2, -0.15) is 0 Å². The average molecular weight is 330 g/mol. The Morgan fingerprint density at radius 1 is 0.955 bits per heavy atom. The van der Waals surface area contributed by atoms with Crippen LogP contribution in [0.15, 0.2) is 0 Å².